The van der Waals surface area contributed by atoms with Gasteiger partial charge in [0.1, 0.15) is 12.7 Å². The number of unbranched alkanes of at least 4 members (excludes halogenated alkanes) is 19. The maximum absolute atomic E-state index is 12.7. The lowest BCUT2D eigenvalue weighted by molar-refractivity contribution is -0.161. The molecule has 366 valence electrons. The summed E-state index contributed by atoms with van der Waals surface area (Å²) in [4.78, 5) is 53.0. The van der Waals surface area contributed by atoms with Crippen LogP contribution in [0.4, 0.5) is 0 Å². The van der Waals surface area contributed by atoms with E-state index in [1.807, 2.05) is 6.08 Å². The number of aliphatic hydroxyl groups excluding tert-OH is 4. The first-order valence-electron chi connectivity index (χ1n) is 23.6. The highest BCUT2D eigenvalue weighted by Gasteiger charge is 2.39. The maximum Gasteiger partial charge on any atom is 0.472 e. The lowest BCUT2D eigenvalue weighted by Gasteiger charge is -2.21. The zero-order valence-corrected chi connectivity index (χ0v) is 39.6. The van der Waals surface area contributed by atoms with Crippen LogP contribution in [-0.2, 0) is 41.8 Å². The number of aliphatic hydroxyl groups is 4. The first-order valence-corrected chi connectivity index (χ1v) is 26.7. The molecule has 0 heterocycles. The number of ether oxygens (including phenoxy) is 2. The third-order valence-corrected chi connectivity index (χ3v) is 12.7. The molecule has 1 aliphatic carbocycles. The van der Waals surface area contributed by atoms with Crippen LogP contribution in [0.15, 0.2) is 12.2 Å². The summed E-state index contributed by atoms with van der Waals surface area (Å²) in [5.41, 5.74) is 0. The first-order chi connectivity index (χ1) is 29.6. The molecule has 1 saturated carbocycles. The van der Waals surface area contributed by atoms with Crippen molar-refractivity contribution in [3.63, 3.8) is 0 Å². The van der Waals surface area contributed by atoms with Gasteiger partial charge in [-0.25, -0.2) is 9.13 Å². The van der Waals surface area contributed by atoms with Gasteiger partial charge in [0.2, 0.25) is 0 Å². The van der Waals surface area contributed by atoms with Crippen LogP contribution in [-0.4, -0.2) is 104 Å². The molecule has 0 aromatic heterocycles. The Morgan fingerprint density at radius 1 is 0.613 bits per heavy atom. The highest BCUT2D eigenvalue weighted by atomic mass is 31.2. The van der Waals surface area contributed by atoms with Crippen molar-refractivity contribution in [1.29, 1.82) is 0 Å². The van der Waals surface area contributed by atoms with Gasteiger partial charge in [0.15, 0.2) is 6.10 Å². The second kappa shape index (κ2) is 35.9. The van der Waals surface area contributed by atoms with Crippen molar-refractivity contribution in [2.24, 2.45) is 11.8 Å². The molecule has 0 spiro atoms. The second-order valence-electron chi connectivity index (χ2n) is 17.0. The van der Waals surface area contributed by atoms with E-state index in [2.05, 4.69) is 22.9 Å². The number of esters is 2. The standard InChI is InChI=1S/C44H84O16P2/c1-3-5-7-8-9-10-11-12-13-14-15-16-17-18-24-28-44(50)60-38(35-59-62(54,55)58-33-37(46)32-57-61(51,52)53)34-56-43(49)27-23-20-19-22-26-39-40(42(48)31-41(39)47)30-29-36(45)25-21-6-4-2/h29-30,36-42,45-48H,3-28,31-35H2,1-2H3,(H,54,55)(H2,51,52,53)/b30-29+/t36-,37-,38+,39+,40+,41-,42+/m0/s1. The van der Waals surface area contributed by atoms with Crippen molar-refractivity contribution in [1.82, 2.24) is 0 Å². The van der Waals surface area contributed by atoms with Gasteiger partial charge in [-0.15, -0.1) is 0 Å². The van der Waals surface area contributed by atoms with Crippen LogP contribution in [0.1, 0.15) is 187 Å². The van der Waals surface area contributed by atoms with Gasteiger partial charge in [-0.3, -0.25) is 23.2 Å². The summed E-state index contributed by atoms with van der Waals surface area (Å²) in [6.45, 7) is 1.45. The fourth-order valence-electron chi connectivity index (χ4n) is 7.62. The van der Waals surface area contributed by atoms with Crippen molar-refractivity contribution in [2.45, 2.75) is 218 Å². The minimum absolute atomic E-state index is 0.0723. The number of phosphoric ester groups is 2. The Morgan fingerprint density at radius 2 is 1.10 bits per heavy atom. The lowest BCUT2D eigenvalue weighted by atomic mass is 9.88. The average Bonchev–Trinajstić information content (AvgIpc) is 3.49. The summed E-state index contributed by atoms with van der Waals surface area (Å²) in [5, 5.41) is 41.2. The van der Waals surface area contributed by atoms with Crippen LogP contribution in [0.2, 0.25) is 0 Å². The maximum atomic E-state index is 12.7. The number of hydrogen-bond donors (Lipinski definition) is 7. The number of carbonyl (C=O) groups excluding carboxylic acids is 2. The van der Waals surface area contributed by atoms with E-state index in [1.54, 1.807) is 6.08 Å². The number of rotatable bonds is 41. The smallest absolute Gasteiger partial charge is 0.462 e. The van der Waals surface area contributed by atoms with Crippen LogP contribution in [0.25, 0.3) is 0 Å². The van der Waals surface area contributed by atoms with Gasteiger partial charge < -0.3 is 44.6 Å². The van der Waals surface area contributed by atoms with Crippen molar-refractivity contribution in [2.75, 3.05) is 26.4 Å². The minimum atomic E-state index is -4.89. The average molecular weight is 931 g/mol. The topological polar surface area (TPSA) is 256 Å². The Kier molecular flexibility index (Phi) is 34.1. The summed E-state index contributed by atoms with van der Waals surface area (Å²) < 4.78 is 47.9. The molecule has 0 bridgehead atoms. The van der Waals surface area contributed by atoms with E-state index in [9.17, 15) is 44.0 Å². The third kappa shape index (κ3) is 32.4. The molecular formula is C44H84O16P2. The van der Waals surface area contributed by atoms with Crippen LogP contribution in [0.5, 0.6) is 0 Å². The molecule has 18 heteroatoms. The SMILES string of the molecule is CCCCCCCCCCCCCCCCCC(=O)O[C@H](COC(=O)CCCCCC[C@@H]1[C@@H](/C=C/[C@@H](O)CCCCC)[C@H](O)C[C@@H]1O)COP(=O)(O)OC[C@@H](O)COP(=O)(O)O. The predicted octanol–water partition coefficient (Wildman–Crippen LogP) is 8.50. The van der Waals surface area contributed by atoms with Crippen molar-refractivity contribution >= 4 is 27.6 Å². The largest absolute Gasteiger partial charge is 0.472 e. The molecule has 7 N–H and O–H groups in total. The molecule has 8 atom stereocenters. The van der Waals surface area contributed by atoms with Gasteiger partial charge in [-0.05, 0) is 31.6 Å². The van der Waals surface area contributed by atoms with E-state index in [0.29, 0.717) is 38.5 Å². The van der Waals surface area contributed by atoms with Gasteiger partial charge in [0.05, 0.1) is 38.1 Å². The minimum Gasteiger partial charge on any atom is -0.462 e. The Morgan fingerprint density at radius 3 is 1.66 bits per heavy atom. The van der Waals surface area contributed by atoms with Crippen LogP contribution < -0.4 is 0 Å². The van der Waals surface area contributed by atoms with Crippen LogP contribution in [0.3, 0.4) is 0 Å². The lowest BCUT2D eigenvalue weighted by Crippen LogP contribution is -2.30. The molecule has 1 rings (SSSR count). The third-order valence-electron chi connectivity index (χ3n) is 11.2. The van der Waals surface area contributed by atoms with Crippen molar-refractivity contribution in [3.8, 4) is 0 Å². The molecule has 0 aromatic carbocycles. The van der Waals surface area contributed by atoms with Crippen LogP contribution >= 0.6 is 15.6 Å². The Labute approximate surface area is 371 Å². The Hall–Kier alpha value is -1.26. The predicted molar refractivity (Wildman–Crippen MR) is 237 cm³/mol. The van der Waals surface area contributed by atoms with E-state index in [1.165, 1.54) is 64.2 Å². The van der Waals surface area contributed by atoms with E-state index < -0.39 is 84.5 Å². The first kappa shape index (κ1) is 58.8. The Balaban J connectivity index is 2.50. The van der Waals surface area contributed by atoms with E-state index in [-0.39, 0.29) is 24.7 Å². The fourth-order valence-corrected chi connectivity index (χ4v) is 8.78. The molecule has 0 radical (unpaired) electrons. The number of carbonyl (C=O) groups is 2. The van der Waals surface area contributed by atoms with Gasteiger partial charge in [0.25, 0.3) is 0 Å². The number of hydrogen-bond acceptors (Lipinski definition) is 13. The summed E-state index contributed by atoms with van der Waals surface area (Å²) in [7, 11) is -9.75. The molecule has 16 nitrogen and oxygen atoms in total. The highest BCUT2D eigenvalue weighted by Crippen LogP contribution is 2.44. The second-order valence-corrected chi connectivity index (χ2v) is 19.7. The molecule has 0 aliphatic heterocycles. The monoisotopic (exact) mass is 931 g/mol. The Bertz CT molecular complexity index is 1270. The van der Waals surface area contributed by atoms with Gasteiger partial charge in [-0.1, -0.05) is 154 Å². The van der Waals surface area contributed by atoms with E-state index >= 15 is 0 Å². The van der Waals surface area contributed by atoms with Gasteiger partial charge in [0, 0.05) is 25.2 Å². The summed E-state index contributed by atoms with van der Waals surface area (Å²) in [6, 6.07) is 0. The van der Waals surface area contributed by atoms with Gasteiger partial charge in [-0.2, -0.15) is 0 Å². The molecule has 0 saturated heterocycles. The summed E-state index contributed by atoms with van der Waals surface area (Å²) >= 11 is 0. The van der Waals surface area contributed by atoms with Crippen molar-refractivity contribution < 1.29 is 76.9 Å². The van der Waals surface area contributed by atoms with Gasteiger partial charge >= 0.3 is 27.6 Å². The normalized spacial score (nSPS) is 20.6. The van der Waals surface area contributed by atoms with E-state index in [0.717, 1.165) is 57.8 Å². The zero-order chi connectivity index (χ0) is 46.1. The molecule has 0 aromatic rings. The number of phosphoric acid groups is 2. The summed E-state index contributed by atoms with van der Waals surface area (Å²) in [6.07, 6.45) is 24.0. The molecule has 1 fully saturated rings. The fraction of sp³-hybridized carbons (Fsp3) is 0.909. The highest BCUT2D eigenvalue weighted by molar-refractivity contribution is 7.47. The zero-order valence-electron chi connectivity index (χ0n) is 37.8. The molecule has 0 amide bonds. The summed E-state index contributed by atoms with van der Waals surface area (Å²) in [5.74, 6) is -1.52. The van der Waals surface area contributed by atoms with E-state index in [4.69, 9.17) is 23.8 Å². The molecule has 1 aliphatic rings. The molecule has 1 unspecified atom stereocenters. The molecule has 62 heavy (non-hydrogen) atoms. The van der Waals surface area contributed by atoms with Crippen LogP contribution in [0, 0.1) is 11.8 Å². The quantitative estimate of drug-likeness (QED) is 0.0131. The van der Waals surface area contributed by atoms with Crippen molar-refractivity contribution in [3.05, 3.63) is 12.2 Å². The molecular weight excluding hydrogens is 846 g/mol.